The van der Waals surface area contributed by atoms with Crippen LogP contribution in [0.4, 0.5) is 5.82 Å². The summed E-state index contributed by atoms with van der Waals surface area (Å²) in [5.41, 5.74) is 4.67. The van der Waals surface area contributed by atoms with Crippen LogP contribution in [0.15, 0.2) is 12.7 Å². The van der Waals surface area contributed by atoms with Gasteiger partial charge in [0, 0.05) is 0 Å². The van der Waals surface area contributed by atoms with Crippen molar-refractivity contribution in [3.05, 3.63) is 12.7 Å². The predicted molar refractivity (Wildman–Crippen MR) is 158 cm³/mol. The number of hydrogen-bond donors (Lipinski definition) is 0. The Balaban J connectivity index is 3.30. The van der Waals surface area contributed by atoms with Crippen LogP contribution in [-0.4, -0.2) is 43.9 Å². The summed E-state index contributed by atoms with van der Waals surface area (Å²) in [6.45, 7) is 37.4. The highest BCUT2D eigenvalue weighted by molar-refractivity contribution is 7.05. The van der Waals surface area contributed by atoms with Gasteiger partial charge in [0.1, 0.15) is 17.8 Å². The Kier molecular flexibility index (Phi) is 8.74. The van der Waals surface area contributed by atoms with Crippen LogP contribution in [0.25, 0.3) is 11.5 Å². The molecule has 0 saturated carbocycles. The molecule has 0 atom stereocenters. The number of anilines is 1. The van der Waals surface area contributed by atoms with Crippen LogP contribution in [0.1, 0.15) is 83.1 Å². The van der Waals surface area contributed by atoms with Gasteiger partial charge in [0.15, 0.2) is 30.5 Å². The fourth-order valence-electron chi connectivity index (χ4n) is 7.75. The lowest BCUT2D eigenvalue weighted by Crippen LogP contribution is -2.75. The zero-order chi connectivity index (χ0) is 26.4. The van der Waals surface area contributed by atoms with Gasteiger partial charge in [0.2, 0.25) is 0 Å². The number of aromatic nitrogens is 4. The van der Waals surface area contributed by atoms with Crippen molar-refractivity contribution in [3.63, 3.8) is 0 Å². The van der Waals surface area contributed by atoms with E-state index in [0.717, 1.165) is 11.5 Å². The normalized spacial score (nSPS) is 14.1. The molecular formula is C26H53N5Si3. The summed E-state index contributed by atoms with van der Waals surface area (Å²) < 4.78 is 5.75. The molecule has 5 nitrogen and oxygen atoms in total. The number of fused-ring (bicyclic) bond motifs is 1. The Bertz CT molecular complexity index is 836. The maximum atomic E-state index is 4.93. The van der Waals surface area contributed by atoms with Gasteiger partial charge in [-0.05, 0) is 33.2 Å². The second kappa shape index (κ2) is 10.2. The van der Waals surface area contributed by atoms with Crippen molar-refractivity contribution >= 4 is 30.5 Å². The summed E-state index contributed by atoms with van der Waals surface area (Å²) in [5.74, 6) is 2.15. The molecule has 34 heavy (non-hydrogen) atoms. The van der Waals surface area contributed by atoms with E-state index in [0.29, 0.717) is 33.2 Å². The van der Waals surface area contributed by atoms with E-state index >= 15 is 0 Å². The lowest BCUT2D eigenvalue weighted by atomic mass is 10.4. The second-order valence-corrected chi connectivity index (χ2v) is 29.8. The van der Waals surface area contributed by atoms with Crippen LogP contribution in [-0.2, 0) is 0 Å². The summed E-state index contributed by atoms with van der Waals surface area (Å²) in [6, 6.07) is 0. The molecule has 2 aliphatic rings. The van der Waals surface area contributed by atoms with Crippen LogP contribution in [0.2, 0.25) is 52.9 Å². The lowest BCUT2D eigenvalue weighted by molar-refractivity contribution is 0.753. The quantitative estimate of drug-likeness (QED) is 0.295. The van der Waals surface area contributed by atoms with Crippen LogP contribution in [0, 0.1) is 0 Å². The highest BCUT2D eigenvalue weighted by atomic mass is 28.4. The van der Waals surface area contributed by atoms with E-state index in [9.17, 15) is 0 Å². The molecule has 0 saturated heterocycles. The van der Waals surface area contributed by atoms with Crippen LogP contribution >= 0.6 is 0 Å². The Morgan fingerprint density at radius 2 is 1.00 bits per heavy atom. The summed E-state index contributed by atoms with van der Waals surface area (Å²) >= 11 is 0. The van der Waals surface area contributed by atoms with Crippen LogP contribution in [0.5, 0.6) is 0 Å². The number of hydrogen-bond acceptors (Lipinski definition) is 4. The maximum absolute atomic E-state index is 4.93. The largest absolute Gasteiger partial charge is 0.407 e. The van der Waals surface area contributed by atoms with Gasteiger partial charge < -0.3 is 8.46 Å². The lowest BCUT2D eigenvalue weighted by Gasteiger charge is -2.64. The summed E-state index contributed by atoms with van der Waals surface area (Å²) in [5, 5.41) is 0. The van der Waals surface area contributed by atoms with Gasteiger partial charge in [-0.25, -0.2) is 15.0 Å². The van der Waals surface area contributed by atoms with E-state index in [-0.39, 0.29) is 0 Å². The predicted octanol–water partition coefficient (Wildman–Crippen LogP) is 8.62. The molecule has 0 aromatic heterocycles. The Morgan fingerprint density at radius 1 is 0.618 bits per heavy atom. The van der Waals surface area contributed by atoms with E-state index in [1.165, 1.54) is 5.82 Å². The Labute approximate surface area is 213 Å². The molecule has 0 fully saturated rings. The van der Waals surface area contributed by atoms with E-state index < -0.39 is 24.7 Å². The van der Waals surface area contributed by atoms with Crippen LogP contribution < -0.4 is 4.23 Å². The van der Waals surface area contributed by atoms with E-state index in [1.807, 2.05) is 0 Å². The highest BCUT2D eigenvalue weighted by Crippen LogP contribution is 2.56. The van der Waals surface area contributed by atoms with Gasteiger partial charge in [0.05, 0.1) is 6.33 Å². The highest BCUT2D eigenvalue weighted by Gasteiger charge is 2.61. The summed E-state index contributed by atoms with van der Waals surface area (Å²) in [6.07, 6.45) is 3.83. The topological polar surface area (TPSA) is 46.8 Å². The average Bonchev–Trinajstić information content (AvgIpc) is 3.13. The molecule has 0 aromatic rings. The van der Waals surface area contributed by atoms with Crippen molar-refractivity contribution in [2.45, 2.75) is 136 Å². The molecular weight excluding hydrogens is 467 g/mol. The third-order valence-corrected chi connectivity index (χ3v) is 25.7. The average molecular weight is 520 g/mol. The van der Waals surface area contributed by atoms with Crippen molar-refractivity contribution in [1.82, 2.24) is 19.2 Å². The Hall–Kier alpha value is -0.999. The van der Waals surface area contributed by atoms with Crippen molar-refractivity contribution in [1.29, 1.82) is 0 Å². The van der Waals surface area contributed by atoms with Crippen molar-refractivity contribution in [3.8, 4) is 11.5 Å². The standard InChI is InChI=1S/C26H53N5Si3/c1-18(2)33(19(3)4,20(5)6)31(34(21(7)8,22(9)10)23(11)12)26-24-25(28-16-27-24)29-17-30(26)32(13,14)15/h16-23H,1-15H3. The molecule has 0 radical (unpaired) electrons. The number of nitrogens with zero attached hydrogens (tertiary/aromatic N) is 5. The SMILES string of the molecule is CC(C)[Si](C(C)C)(C(C)C)N(c1c2ncnc-2ncn1[Si](C)(C)C)[Si](C(C)C)(C(C)C)C(C)C. The first-order valence-electron chi connectivity index (χ1n) is 13.5. The summed E-state index contributed by atoms with van der Waals surface area (Å²) in [4.78, 5) is 14.3. The molecule has 0 amide bonds. The fraction of sp³-hybridized carbons (Fsp3) is 0.808. The molecule has 0 N–H and O–H groups in total. The molecule has 0 bridgehead atoms. The van der Waals surface area contributed by atoms with Crippen LogP contribution in [0.3, 0.4) is 0 Å². The number of imidazole rings is 1. The molecule has 2 rings (SSSR count). The third kappa shape index (κ3) is 4.36. The first-order chi connectivity index (χ1) is 15.5. The first kappa shape index (κ1) is 29.2. The third-order valence-electron chi connectivity index (χ3n) is 8.57. The molecule has 0 spiro atoms. The minimum atomic E-state index is -2.12. The molecule has 2 aliphatic heterocycles. The minimum absolute atomic E-state index is 0.608. The second-order valence-electron chi connectivity index (χ2n) is 13.2. The monoisotopic (exact) mass is 519 g/mol. The summed E-state index contributed by atoms with van der Waals surface area (Å²) in [7, 11) is -6.05. The van der Waals surface area contributed by atoms with E-state index in [2.05, 4.69) is 123 Å². The molecule has 0 aliphatic carbocycles. The van der Waals surface area contributed by atoms with E-state index in [4.69, 9.17) is 9.97 Å². The zero-order valence-corrected chi connectivity index (χ0v) is 27.9. The smallest absolute Gasteiger partial charge is 0.184 e. The van der Waals surface area contributed by atoms with Gasteiger partial charge in [-0.1, -0.05) is 103 Å². The van der Waals surface area contributed by atoms with Gasteiger partial charge in [-0.15, -0.1) is 0 Å². The van der Waals surface area contributed by atoms with Crippen molar-refractivity contribution in [2.75, 3.05) is 4.23 Å². The van der Waals surface area contributed by atoms with Crippen molar-refractivity contribution < 1.29 is 0 Å². The molecule has 2 heterocycles. The minimum Gasteiger partial charge on any atom is -0.407 e. The van der Waals surface area contributed by atoms with Gasteiger partial charge in [0.25, 0.3) is 0 Å². The maximum Gasteiger partial charge on any atom is 0.184 e. The molecule has 8 heteroatoms. The van der Waals surface area contributed by atoms with Gasteiger partial charge >= 0.3 is 0 Å². The van der Waals surface area contributed by atoms with Gasteiger partial charge in [-0.2, -0.15) is 0 Å². The van der Waals surface area contributed by atoms with Crippen molar-refractivity contribution in [2.24, 2.45) is 0 Å². The van der Waals surface area contributed by atoms with E-state index in [1.54, 1.807) is 6.33 Å². The molecule has 0 unspecified atom stereocenters. The zero-order valence-electron chi connectivity index (χ0n) is 24.9. The Morgan fingerprint density at radius 3 is 1.32 bits per heavy atom. The molecule has 0 aromatic carbocycles. The molecule has 194 valence electrons. The van der Waals surface area contributed by atoms with Gasteiger partial charge in [-0.3, -0.25) is 0 Å². The fourth-order valence-corrected chi connectivity index (χ4v) is 28.8. The number of rotatable bonds is 10. The first-order valence-corrected chi connectivity index (χ1v) is 21.3.